The van der Waals surface area contributed by atoms with Gasteiger partial charge >= 0.3 is 41.5 Å². The van der Waals surface area contributed by atoms with E-state index < -0.39 is 39.1 Å². The van der Waals surface area contributed by atoms with Crippen molar-refractivity contribution in [2.75, 3.05) is 0 Å². The molecule has 9 heteroatoms. The molecule has 0 radical (unpaired) electrons. The minimum Gasteiger partial charge on any atom is -0.481 e. The molecular weight excluding hydrogens is 263 g/mol. The molecule has 2 unspecified atom stereocenters. The van der Waals surface area contributed by atoms with Crippen molar-refractivity contribution in [3.8, 4) is 0 Å². The van der Waals surface area contributed by atoms with Crippen molar-refractivity contribution in [3.63, 3.8) is 0 Å². The predicted octanol–water partition coefficient (Wildman–Crippen LogP) is -3.17. The molecule has 0 bridgehead atoms. The third kappa shape index (κ3) is 4.55. The van der Waals surface area contributed by atoms with Gasteiger partial charge in [-0.3, -0.25) is 14.1 Å². The fraction of sp³-hybridized carbons (Fsp3) is 0.750. The van der Waals surface area contributed by atoms with Crippen molar-refractivity contribution in [2.45, 2.75) is 24.5 Å². The van der Waals surface area contributed by atoms with E-state index in [0.717, 1.165) is 0 Å². The first-order chi connectivity index (χ1) is 7.21. The predicted molar refractivity (Wildman–Crippen MR) is 51.4 cm³/mol. The molecule has 0 aliphatic heterocycles. The number of hydrogen-bond donors (Lipinski definition) is 3. The molecule has 2 atom stereocenters. The second kappa shape index (κ2) is 6.14. The Morgan fingerprint density at radius 2 is 1.29 bits per heavy atom. The molecule has 3 N–H and O–H groups in total. The smallest absolute Gasteiger partial charge is 0.481 e. The molecule has 1 aliphatic carbocycles. The summed E-state index contributed by atoms with van der Waals surface area (Å²) in [7, 11) is -4.39. The standard InChI is InChI=1S/C8H12O7S.Na/c9-7(10)4-1-5(8(11)12)3-6(2-4)16(13,14)15;/h4-6H,1-3H2,(H,9,10)(H,11,12)(H,13,14,15);/q;+1. The molecule has 1 fully saturated rings. The molecule has 7 nitrogen and oxygen atoms in total. The van der Waals surface area contributed by atoms with Crippen LogP contribution in [0.3, 0.4) is 0 Å². The molecule has 1 rings (SSSR count). The molecule has 17 heavy (non-hydrogen) atoms. The van der Waals surface area contributed by atoms with Gasteiger partial charge in [0.15, 0.2) is 0 Å². The van der Waals surface area contributed by atoms with Crippen LogP contribution in [0.4, 0.5) is 0 Å². The maximum Gasteiger partial charge on any atom is 1.00 e. The van der Waals surface area contributed by atoms with Crippen LogP contribution < -0.4 is 29.6 Å². The summed E-state index contributed by atoms with van der Waals surface area (Å²) in [6.45, 7) is 0. The van der Waals surface area contributed by atoms with Gasteiger partial charge in [-0.05, 0) is 19.3 Å². The van der Waals surface area contributed by atoms with Crippen LogP contribution in [0, 0.1) is 11.8 Å². The Hall–Kier alpha value is -0.150. The third-order valence-corrected chi connectivity index (χ3v) is 4.01. The average Bonchev–Trinajstić information content (AvgIpc) is 2.15. The van der Waals surface area contributed by atoms with E-state index in [4.69, 9.17) is 14.8 Å². The van der Waals surface area contributed by atoms with Crippen molar-refractivity contribution in [2.24, 2.45) is 11.8 Å². The summed E-state index contributed by atoms with van der Waals surface area (Å²) in [6, 6.07) is 0. The molecule has 0 heterocycles. The zero-order valence-electron chi connectivity index (χ0n) is 9.24. The Bertz CT molecular complexity index is 382. The van der Waals surface area contributed by atoms with Crippen molar-refractivity contribution in [1.29, 1.82) is 0 Å². The third-order valence-electron chi connectivity index (χ3n) is 2.78. The molecule has 92 valence electrons. The number of aliphatic carboxylic acids is 2. The van der Waals surface area contributed by atoms with E-state index in [0.29, 0.717) is 0 Å². The molecule has 0 aromatic heterocycles. The summed E-state index contributed by atoms with van der Waals surface area (Å²) >= 11 is 0. The van der Waals surface area contributed by atoms with Crippen LogP contribution in [0.25, 0.3) is 0 Å². The number of rotatable bonds is 3. The van der Waals surface area contributed by atoms with Gasteiger partial charge in [0.2, 0.25) is 0 Å². The minimum absolute atomic E-state index is 0. The van der Waals surface area contributed by atoms with Crippen LogP contribution in [0.5, 0.6) is 0 Å². The molecule has 1 aliphatic rings. The number of carboxylic acid groups (broad SMARTS) is 2. The summed E-state index contributed by atoms with van der Waals surface area (Å²) in [5.74, 6) is -4.55. The average molecular weight is 275 g/mol. The molecule has 0 aromatic carbocycles. The van der Waals surface area contributed by atoms with Gasteiger partial charge < -0.3 is 10.2 Å². The first-order valence-electron chi connectivity index (χ1n) is 4.63. The quantitative estimate of drug-likeness (QED) is 0.366. The van der Waals surface area contributed by atoms with Crippen LogP contribution in [0.1, 0.15) is 19.3 Å². The number of carboxylic acids is 2. The van der Waals surface area contributed by atoms with E-state index in [1.165, 1.54) is 0 Å². The van der Waals surface area contributed by atoms with E-state index in [-0.39, 0.29) is 48.8 Å². The Labute approximate surface area is 120 Å². The summed E-state index contributed by atoms with van der Waals surface area (Å²) in [5, 5.41) is 16.2. The Morgan fingerprint density at radius 1 is 0.941 bits per heavy atom. The fourth-order valence-corrected chi connectivity index (χ4v) is 2.86. The molecular formula is C8H12NaO7S+. The van der Waals surface area contributed by atoms with Gasteiger partial charge in [-0.15, -0.1) is 0 Å². The van der Waals surface area contributed by atoms with Crippen LogP contribution in [0.2, 0.25) is 0 Å². The van der Waals surface area contributed by atoms with Crippen molar-refractivity contribution < 1.29 is 62.3 Å². The largest absolute Gasteiger partial charge is 1.00 e. The molecule has 1 saturated carbocycles. The SMILES string of the molecule is O=C(O)C1CC(C(=O)O)CC(S(=O)(=O)O)C1.[Na+]. The summed E-state index contributed by atoms with van der Waals surface area (Å²) in [5.41, 5.74) is 0. The normalized spacial score (nSPS) is 29.1. The van der Waals surface area contributed by atoms with Crippen molar-refractivity contribution in [1.82, 2.24) is 0 Å². The van der Waals surface area contributed by atoms with Gasteiger partial charge in [-0.25, -0.2) is 0 Å². The number of hydrogen-bond acceptors (Lipinski definition) is 4. The van der Waals surface area contributed by atoms with Gasteiger partial charge in [0.1, 0.15) is 0 Å². The van der Waals surface area contributed by atoms with Crippen LogP contribution in [-0.2, 0) is 19.7 Å². The topological polar surface area (TPSA) is 129 Å². The maximum absolute atomic E-state index is 10.9. The zero-order chi connectivity index (χ0) is 12.5. The van der Waals surface area contributed by atoms with E-state index in [1.807, 2.05) is 0 Å². The van der Waals surface area contributed by atoms with Crippen molar-refractivity contribution >= 4 is 22.1 Å². The summed E-state index contributed by atoms with van der Waals surface area (Å²) in [4.78, 5) is 21.5. The van der Waals surface area contributed by atoms with E-state index in [2.05, 4.69) is 0 Å². The molecule has 0 amide bonds. The second-order valence-corrected chi connectivity index (χ2v) is 5.61. The van der Waals surface area contributed by atoms with Gasteiger partial charge in [0.05, 0.1) is 17.1 Å². The molecule has 0 aromatic rings. The Balaban J connectivity index is 0.00000256. The molecule has 0 spiro atoms. The Kier molecular flexibility index (Phi) is 6.09. The number of carbonyl (C=O) groups is 2. The molecule has 0 saturated heterocycles. The van der Waals surface area contributed by atoms with Crippen molar-refractivity contribution in [3.05, 3.63) is 0 Å². The van der Waals surface area contributed by atoms with Gasteiger partial charge in [-0.1, -0.05) is 0 Å². The van der Waals surface area contributed by atoms with Gasteiger partial charge in [-0.2, -0.15) is 8.42 Å². The Morgan fingerprint density at radius 3 is 1.53 bits per heavy atom. The van der Waals surface area contributed by atoms with E-state index in [9.17, 15) is 18.0 Å². The van der Waals surface area contributed by atoms with Crippen LogP contribution in [-0.4, -0.2) is 40.4 Å². The second-order valence-electron chi connectivity index (χ2n) is 3.91. The fourth-order valence-electron chi connectivity index (χ4n) is 1.91. The first kappa shape index (κ1) is 16.9. The van der Waals surface area contributed by atoms with Gasteiger partial charge in [0.25, 0.3) is 10.1 Å². The van der Waals surface area contributed by atoms with Gasteiger partial charge in [0, 0.05) is 0 Å². The van der Waals surface area contributed by atoms with E-state index in [1.54, 1.807) is 0 Å². The van der Waals surface area contributed by atoms with Crippen LogP contribution >= 0.6 is 0 Å². The van der Waals surface area contributed by atoms with Crippen LogP contribution in [0.15, 0.2) is 0 Å². The maximum atomic E-state index is 10.9. The monoisotopic (exact) mass is 275 g/mol. The summed E-state index contributed by atoms with van der Waals surface area (Å²) < 4.78 is 30.6. The minimum atomic E-state index is -4.39. The zero-order valence-corrected chi connectivity index (χ0v) is 12.1. The summed E-state index contributed by atoms with van der Waals surface area (Å²) in [6.07, 6.45) is -0.577. The van der Waals surface area contributed by atoms with E-state index >= 15 is 0 Å². The first-order valence-corrected chi connectivity index (χ1v) is 6.14.